The molecule has 1 amide bonds. The molecule has 2 fully saturated rings. The number of halogens is 9. The van der Waals surface area contributed by atoms with Crippen molar-refractivity contribution in [3.8, 4) is 5.69 Å². The minimum Gasteiger partial charge on any atom is -0.399 e. The van der Waals surface area contributed by atoms with Gasteiger partial charge < -0.3 is 24.7 Å². The number of amides is 1. The molecule has 356 valence electrons. The van der Waals surface area contributed by atoms with Crippen LogP contribution in [0.1, 0.15) is 93.8 Å². The van der Waals surface area contributed by atoms with Crippen LogP contribution >= 0.6 is 23.5 Å². The quantitative estimate of drug-likeness (QED) is 0.0267. The molecule has 23 heteroatoms. The normalized spacial score (nSPS) is 18.7. The maximum atomic E-state index is 15.6. The Morgan fingerprint density at radius 3 is 2.31 bits per heavy atom. The fourth-order valence-electron chi connectivity index (χ4n) is 8.14. The third-order valence-electron chi connectivity index (χ3n) is 12.4. The van der Waals surface area contributed by atoms with Crippen LogP contribution in [0.2, 0.25) is 5.02 Å². The highest BCUT2D eigenvalue weighted by Gasteiger charge is 2.53. The van der Waals surface area contributed by atoms with Crippen LogP contribution in [0, 0.1) is 23.0 Å². The van der Waals surface area contributed by atoms with E-state index >= 15 is 13.6 Å². The monoisotopic (exact) mass is 978 g/mol. The predicted molar refractivity (Wildman–Crippen MR) is 238 cm³/mol. The lowest BCUT2D eigenvalue weighted by atomic mass is 9.79. The molecule has 67 heavy (non-hydrogen) atoms. The highest BCUT2D eigenvalue weighted by atomic mass is 35.5. The summed E-state index contributed by atoms with van der Waals surface area (Å²) in [5, 5.41) is 18.0. The summed E-state index contributed by atoms with van der Waals surface area (Å²) in [6.45, 7) is 6.46. The van der Waals surface area contributed by atoms with E-state index in [1.165, 1.54) is 43.1 Å². The molecular weight excluding hydrogens is 935 g/mol. The Balaban J connectivity index is 1.34. The minimum atomic E-state index is -3.66. The van der Waals surface area contributed by atoms with E-state index in [2.05, 4.69) is 20.5 Å². The summed E-state index contributed by atoms with van der Waals surface area (Å²) in [5.74, 6) is -8.90. The van der Waals surface area contributed by atoms with Crippen molar-refractivity contribution in [3.63, 3.8) is 0 Å². The molecule has 8 rings (SSSR count). The van der Waals surface area contributed by atoms with E-state index in [1.54, 1.807) is 6.07 Å². The first-order valence-corrected chi connectivity index (χ1v) is 22.5. The number of aromatic nitrogens is 4. The summed E-state index contributed by atoms with van der Waals surface area (Å²) >= 11 is 7.90. The summed E-state index contributed by atoms with van der Waals surface area (Å²) in [7, 11) is -0.960. The average molecular weight is 979 g/mol. The Kier molecular flexibility index (Phi) is 13.0. The molecule has 2 unspecified atom stereocenters. The van der Waals surface area contributed by atoms with E-state index in [-0.39, 0.29) is 55.3 Å². The molecule has 2 aromatic heterocycles. The van der Waals surface area contributed by atoms with Gasteiger partial charge in [0, 0.05) is 29.2 Å². The van der Waals surface area contributed by atoms with Crippen molar-refractivity contribution in [2.45, 2.75) is 108 Å². The van der Waals surface area contributed by atoms with Crippen molar-refractivity contribution >= 4 is 64.5 Å². The molecule has 0 bridgehead atoms. The second-order valence-corrected chi connectivity index (χ2v) is 19.4. The molecule has 2 aliphatic carbocycles. The molecular formula is C44H44BClF8N8O4S. The van der Waals surface area contributed by atoms with E-state index in [0.717, 1.165) is 29.5 Å². The minimum absolute atomic E-state index is 0.0141. The van der Waals surface area contributed by atoms with Crippen molar-refractivity contribution in [1.82, 2.24) is 29.4 Å². The van der Waals surface area contributed by atoms with Crippen molar-refractivity contribution in [3.05, 3.63) is 109 Å². The van der Waals surface area contributed by atoms with Gasteiger partial charge in [-0.1, -0.05) is 24.6 Å². The van der Waals surface area contributed by atoms with Crippen molar-refractivity contribution in [1.29, 1.82) is 5.41 Å². The van der Waals surface area contributed by atoms with Gasteiger partial charge in [0.05, 0.1) is 56.7 Å². The number of carbonyl (C=O) groups excluding carboxylic acids is 1. The van der Waals surface area contributed by atoms with Gasteiger partial charge in [-0.25, -0.2) is 31.3 Å². The number of rotatable bonds is 15. The molecule has 1 saturated heterocycles. The van der Waals surface area contributed by atoms with Gasteiger partial charge in [-0.2, -0.15) is 13.9 Å². The first kappa shape index (κ1) is 48.3. The molecule has 0 spiro atoms. The summed E-state index contributed by atoms with van der Waals surface area (Å²) in [6.07, 6.45) is -5.45. The van der Waals surface area contributed by atoms with Gasteiger partial charge in [0.1, 0.15) is 41.2 Å². The van der Waals surface area contributed by atoms with Crippen LogP contribution < -0.4 is 26.4 Å². The van der Waals surface area contributed by atoms with Gasteiger partial charge >= 0.3 is 7.12 Å². The topological polar surface area (TPSA) is 148 Å². The SMILES string of the molecule is CC1Cc2c(C(F)F)nn(CC(=O)NC(Cc3cc(F)cc(F)c3)c3nc4cc(B5OC(C)(C)C(C)(C)O5)ccc4c(=O)n3-c3ccc(Cl)c(C(=N)NSC4CC4)c3NCC(F)F)c2C1(F)F. The van der Waals surface area contributed by atoms with E-state index in [9.17, 15) is 31.1 Å². The highest BCUT2D eigenvalue weighted by Crippen LogP contribution is 2.48. The van der Waals surface area contributed by atoms with Crippen molar-refractivity contribution in [2.75, 3.05) is 11.9 Å². The van der Waals surface area contributed by atoms with Crippen LogP contribution in [0.5, 0.6) is 0 Å². The van der Waals surface area contributed by atoms with Crippen molar-refractivity contribution < 1.29 is 49.2 Å². The fourth-order valence-corrected chi connectivity index (χ4v) is 9.15. The lowest BCUT2D eigenvalue weighted by molar-refractivity contribution is -0.123. The van der Waals surface area contributed by atoms with Gasteiger partial charge in [-0.05, 0) is 106 Å². The van der Waals surface area contributed by atoms with Crippen LogP contribution in [-0.4, -0.2) is 67.6 Å². The third-order valence-corrected chi connectivity index (χ3v) is 13.8. The number of alkyl halides is 6. The number of amidine groups is 1. The lowest BCUT2D eigenvalue weighted by Crippen LogP contribution is -2.41. The molecule has 3 heterocycles. The smallest absolute Gasteiger partial charge is 0.399 e. The second kappa shape index (κ2) is 18.0. The summed E-state index contributed by atoms with van der Waals surface area (Å²) < 4.78 is 134. The van der Waals surface area contributed by atoms with Crippen LogP contribution in [0.3, 0.4) is 0 Å². The Hall–Kier alpha value is -5.19. The molecule has 5 aromatic rings. The second-order valence-electron chi connectivity index (χ2n) is 17.9. The van der Waals surface area contributed by atoms with Crippen LogP contribution in [-0.2, 0) is 39.4 Å². The molecule has 1 saturated carbocycles. The first-order chi connectivity index (χ1) is 31.4. The maximum absolute atomic E-state index is 15.6. The van der Waals surface area contributed by atoms with Crippen LogP contribution in [0.4, 0.5) is 40.8 Å². The number of anilines is 1. The van der Waals surface area contributed by atoms with Gasteiger partial charge in [-0.15, -0.1) is 0 Å². The first-order valence-electron chi connectivity index (χ1n) is 21.2. The Morgan fingerprint density at radius 1 is 1.01 bits per heavy atom. The average Bonchev–Trinajstić information content (AvgIpc) is 3.89. The number of fused-ring (bicyclic) bond motifs is 2. The zero-order chi connectivity index (χ0) is 48.5. The van der Waals surface area contributed by atoms with Crippen LogP contribution in [0.25, 0.3) is 16.6 Å². The number of nitrogens with one attached hydrogen (secondary N) is 4. The number of hydrogen-bond acceptors (Lipinski definition) is 9. The largest absolute Gasteiger partial charge is 0.494 e. The summed E-state index contributed by atoms with van der Waals surface area (Å²) in [4.78, 5) is 34.3. The van der Waals surface area contributed by atoms with Gasteiger partial charge in [0.25, 0.3) is 24.3 Å². The zero-order valence-corrected chi connectivity index (χ0v) is 38.1. The molecule has 4 N–H and O–H groups in total. The summed E-state index contributed by atoms with van der Waals surface area (Å²) in [5.41, 5.74) is -4.86. The Morgan fingerprint density at radius 2 is 1.69 bits per heavy atom. The highest BCUT2D eigenvalue weighted by molar-refractivity contribution is 7.98. The molecule has 12 nitrogen and oxygen atoms in total. The van der Waals surface area contributed by atoms with Gasteiger partial charge in [0.15, 0.2) is 0 Å². The van der Waals surface area contributed by atoms with Crippen molar-refractivity contribution in [2.24, 2.45) is 5.92 Å². The molecule has 3 aliphatic rings. The maximum Gasteiger partial charge on any atom is 0.494 e. The van der Waals surface area contributed by atoms with Gasteiger partial charge in [-0.3, -0.25) is 24.2 Å². The predicted octanol–water partition coefficient (Wildman–Crippen LogP) is 8.54. The molecule has 2 atom stereocenters. The number of carbonyl (C=O) groups is 1. The standard InChI is InChI=1S/C44H44BClF8N8O4S/c1-20-12-27-35(38(51)52)59-61(37(27)44(20,53)54)19-33(63)57-30(15-21-13-23(47)17-24(48)14-21)40-58-29-16-22(45-65-42(2,3)43(4,5)66-45)6-9-26(29)41(64)62(40)31-11-10-28(46)34(36(31)56-18-32(49)50)39(55)60-67-25-7-8-25/h6,9-11,13-14,16-17,20,25,30,32,38,56H,7-8,12,15,18-19H2,1-5H3,(H2,55,60)(H,57,63). The van der Waals surface area contributed by atoms with Gasteiger partial charge in [0.2, 0.25) is 5.91 Å². The number of benzene rings is 3. The molecule has 1 aliphatic heterocycles. The summed E-state index contributed by atoms with van der Waals surface area (Å²) in [6, 6.07) is 7.95. The zero-order valence-electron chi connectivity index (χ0n) is 36.6. The molecule has 0 radical (unpaired) electrons. The van der Waals surface area contributed by atoms with E-state index in [1.807, 2.05) is 27.7 Å². The lowest BCUT2D eigenvalue weighted by Gasteiger charge is -2.32. The van der Waals surface area contributed by atoms with E-state index < -0.39 is 115 Å². The molecule has 3 aromatic carbocycles. The van der Waals surface area contributed by atoms with E-state index in [4.69, 9.17) is 31.3 Å². The van der Waals surface area contributed by atoms with E-state index in [0.29, 0.717) is 16.2 Å². The fraction of sp³-hybridized carbons (Fsp3) is 0.432. The Bertz CT molecular complexity index is 2810. The third kappa shape index (κ3) is 9.50. The van der Waals surface area contributed by atoms with Crippen LogP contribution in [0.15, 0.2) is 53.3 Å². The Labute approximate surface area is 388 Å². The number of hydrogen-bond donors (Lipinski definition) is 4. The number of nitrogens with zero attached hydrogens (tertiary/aromatic N) is 4.